The summed E-state index contributed by atoms with van der Waals surface area (Å²) in [6.45, 7) is 0. The normalized spacial score (nSPS) is 10.9. The van der Waals surface area contributed by atoms with Crippen LogP contribution < -0.4 is 4.90 Å². The SMILES string of the molecule is N=C(SC(=N)c1ccccc1-c1ccc(N(c2ccccc2)c2ccc(-c3ccccc3-c3nnc(-c4ccccc4)s3)cc2)cc1)c1ccccc1. The molecule has 1 aromatic heterocycles. The predicted octanol–water partition coefficient (Wildman–Crippen LogP) is 12.8. The fourth-order valence-electron chi connectivity index (χ4n) is 6.29. The number of aromatic nitrogens is 2. The minimum atomic E-state index is 0.342. The van der Waals surface area contributed by atoms with E-state index in [0.717, 1.165) is 71.6 Å². The zero-order chi connectivity index (χ0) is 36.0. The molecule has 0 saturated carbocycles. The number of benzene rings is 7. The lowest BCUT2D eigenvalue weighted by Gasteiger charge is -2.26. The van der Waals surface area contributed by atoms with E-state index in [0.29, 0.717) is 10.1 Å². The average molecular weight is 720 g/mol. The van der Waals surface area contributed by atoms with E-state index >= 15 is 0 Å². The summed E-state index contributed by atoms with van der Waals surface area (Å²) >= 11 is 2.77. The van der Waals surface area contributed by atoms with E-state index < -0.39 is 0 Å². The van der Waals surface area contributed by atoms with Crippen molar-refractivity contribution < 1.29 is 0 Å². The highest BCUT2D eigenvalue weighted by Gasteiger charge is 2.17. The number of hydrogen-bond acceptors (Lipinski definition) is 7. The molecule has 0 saturated heterocycles. The van der Waals surface area contributed by atoms with Crippen LogP contribution in [0, 0.1) is 10.8 Å². The van der Waals surface area contributed by atoms with Crippen LogP contribution in [0.4, 0.5) is 17.1 Å². The van der Waals surface area contributed by atoms with Gasteiger partial charge >= 0.3 is 0 Å². The third-order valence-electron chi connectivity index (χ3n) is 8.90. The third-order valence-corrected chi connectivity index (χ3v) is 10.8. The Hall–Kier alpha value is -6.41. The smallest absolute Gasteiger partial charge is 0.148 e. The second-order valence-electron chi connectivity index (χ2n) is 12.3. The summed E-state index contributed by atoms with van der Waals surface area (Å²) in [7, 11) is 0. The number of nitrogens with one attached hydrogen (secondary N) is 2. The van der Waals surface area contributed by atoms with Gasteiger partial charge in [0.25, 0.3) is 0 Å². The van der Waals surface area contributed by atoms with Crippen molar-refractivity contribution in [2.75, 3.05) is 4.90 Å². The Kier molecular flexibility index (Phi) is 9.83. The van der Waals surface area contributed by atoms with Crippen LogP contribution in [0.2, 0.25) is 0 Å². The summed E-state index contributed by atoms with van der Waals surface area (Å²) < 4.78 is 0. The number of para-hydroxylation sites is 1. The first kappa shape index (κ1) is 33.7. The number of anilines is 3. The molecular weight excluding hydrogens is 687 g/mol. The van der Waals surface area contributed by atoms with Gasteiger partial charge in [0, 0.05) is 39.3 Å². The Labute approximate surface area is 317 Å². The first-order chi connectivity index (χ1) is 26.1. The van der Waals surface area contributed by atoms with Crippen molar-refractivity contribution in [1.29, 1.82) is 10.8 Å². The highest BCUT2D eigenvalue weighted by molar-refractivity contribution is 8.27. The van der Waals surface area contributed by atoms with Gasteiger partial charge in [-0.2, -0.15) is 0 Å². The minimum Gasteiger partial charge on any atom is -0.311 e. The van der Waals surface area contributed by atoms with Crippen molar-refractivity contribution in [2.45, 2.75) is 0 Å². The minimum absolute atomic E-state index is 0.342. The van der Waals surface area contributed by atoms with Gasteiger partial charge in [0.1, 0.15) is 20.1 Å². The van der Waals surface area contributed by atoms with Crippen molar-refractivity contribution in [1.82, 2.24) is 10.2 Å². The molecule has 0 atom stereocenters. The molecule has 254 valence electrons. The zero-order valence-electron chi connectivity index (χ0n) is 28.6. The Balaban J connectivity index is 1.08. The molecule has 0 radical (unpaired) electrons. The lowest BCUT2D eigenvalue weighted by molar-refractivity contribution is 1.10. The molecular formula is C46H33N5S2. The Morgan fingerprint density at radius 2 is 0.887 bits per heavy atom. The molecule has 0 amide bonds. The van der Waals surface area contributed by atoms with Crippen LogP contribution in [0.3, 0.4) is 0 Å². The van der Waals surface area contributed by atoms with Crippen LogP contribution in [0.15, 0.2) is 188 Å². The van der Waals surface area contributed by atoms with Crippen molar-refractivity contribution in [3.8, 4) is 43.4 Å². The second-order valence-corrected chi connectivity index (χ2v) is 14.3. The molecule has 53 heavy (non-hydrogen) atoms. The number of thioether (sulfide) groups is 1. The van der Waals surface area contributed by atoms with Crippen molar-refractivity contribution >= 4 is 50.2 Å². The van der Waals surface area contributed by atoms with Crippen molar-refractivity contribution in [3.63, 3.8) is 0 Å². The highest BCUT2D eigenvalue weighted by Crippen LogP contribution is 2.40. The molecule has 5 nitrogen and oxygen atoms in total. The van der Waals surface area contributed by atoms with Gasteiger partial charge in [-0.15, -0.1) is 10.2 Å². The fraction of sp³-hybridized carbons (Fsp3) is 0. The third kappa shape index (κ3) is 7.35. The van der Waals surface area contributed by atoms with E-state index in [1.165, 1.54) is 11.8 Å². The average Bonchev–Trinajstić information content (AvgIpc) is 3.73. The van der Waals surface area contributed by atoms with Crippen molar-refractivity contribution in [3.05, 3.63) is 199 Å². The van der Waals surface area contributed by atoms with Gasteiger partial charge in [0.05, 0.1) is 0 Å². The van der Waals surface area contributed by atoms with Gasteiger partial charge < -0.3 is 4.90 Å². The van der Waals surface area contributed by atoms with Crippen LogP contribution in [0.25, 0.3) is 43.4 Å². The lowest BCUT2D eigenvalue weighted by Crippen LogP contribution is -2.09. The summed E-state index contributed by atoms with van der Waals surface area (Å²) in [6, 6.07) is 63.6. The van der Waals surface area contributed by atoms with E-state index in [1.54, 1.807) is 11.3 Å². The maximum absolute atomic E-state index is 8.92. The van der Waals surface area contributed by atoms with Crippen LogP contribution in [-0.4, -0.2) is 20.3 Å². The van der Waals surface area contributed by atoms with E-state index in [-0.39, 0.29) is 0 Å². The molecule has 8 rings (SSSR count). The largest absolute Gasteiger partial charge is 0.311 e. The summed E-state index contributed by atoms with van der Waals surface area (Å²) in [6.07, 6.45) is 0. The summed E-state index contributed by atoms with van der Waals surface area (Å²) in [5.41, 5.74) is 11.0. The molecule has 0 fully saturated rings. The van der Waals surface area contributed by atoms with Crippen LogP contribution in [0.5, 0.6) is 0 Å². The molecule has 0 unspecified atom stereocenters. The molecule has 0 aliphatic heterocycles. The fourth-order valence-corrected chi connectivity index (χ4v) is 7.93. The molecule has 7 aromatic carbocycles. The topological polar surface area (TPSA) is 76.7 Å². The van der Waals surface area contributed by atoms with E-state index in [2.05, 4.69) is 118 Å². The van der Waals surface area contributed by atoms with Crippen LogP contribution in [0.1, 0.15) is 11.1 Å². The molecule has 0 spiro atoms. The quantitative estimate of drug-likeness (QED) is 0.115. The number of rotatable bonds is 9. The molecule has 2 N–H and O–H groups in total. The Morgan fingerprint density at radius 1 is 0.415 bits per heavy atom. The monoisotopic (exact) mass is 719 g/mol. The highest BCUT2D eigenvalue weighted by atomic mass is 32.2. The molecule has 0 aliphatic rings. The molecule has 7 heteroatoms. The number of hydrogen-bond donors (Lipinski definition) is 2. The zero-order valence-corrected chi connectivity index (χ0v) is 30.2. The van der Waals surface area contributed by atoms with Crippen LogP contribution in [-0.2, 0) is 0 Å². The molecule has 0 bridgehead atoms. The standard InChI is InChI=1S/C46H33N5S2/c47-43(34-14-4-1-5-15-34)52-44(48)41-22-12-10-20-39(41)32-24-28-37(29-25-32)51(36-18-8-3-9-19-36)38-30-26-33(27-31-38)40-21-11-13-23-42(40)46-50-49-45(53-46)35-16-6-2-7-17-35/h1-31,47-48H. The molecule has 1 heterocycles. The first-order valence-corrected chi connectivity index (χ1v) is 18.8. The van der Waals surface area contributed by atoms with Gasteiger partial charge in [-0.1, -0.05) is 175 Å². The number of nitrogens with zero attached hydrogens (tertiary/aromatic N) is 3. The summed E-state index contributed by atoms with van der Waals surface area (Å²) in [5.74, 6) is 0. The molecule has 8 aromatic rings. The van der Waals surface area contributed by atoms with Gasteiger partial charge in [-0.25, -0.2) is 0 Å². The first-order valence-electron chi connectivity index (χ1n) is 17.2. The van der Waals surface area contributed by atoms with E-state index in [9.17, 15) is 0 Å². The van der Waals surface area contributed by atoms with Gasteiger partial charge in [0.15, 0.2) is 0 Å². The second kappa shape index (κ2) is 15.5. The van der Waals surface area contributed by atoms with Crippen LogP contribution >= 0.6 is 23.1 Å². The van der Waals surface area contributed by atoms with Crippen molar-refractivity contribution in [2.24, 2.45) is 0 Å². The summed E-state index contributed by atoms with van der Waals surface area (Å²) in [5, 5.41) is 29.1. The van der Waals surface area contributed by atoms with Gasteiger partial charge in [-0.05, 0) is 58.7 Å². The predicted molar refractivity (Wildman–Crippen MR) is 224 cm³/mol. The van der Waals surface area contributed by atoms with E-state index in [1.807, 2.05) is 84.9 Å². The maximum Gasteiger partial charge on any atom is 0.148 e. The Morgan fingerprint density at radius 3 is 1.53 bits per heavy atom. The molecule has 0 aliphatic carbocycles. The summed E-state index contributed by atoms with van der Waals surface area (Å²) in [4.78, 5) is 2.25. The van der Waals surface area contributed by atoms with Gasteiger partial charge in [0.2, 0.25) is 0 Å². The maximum atomic E-state index is 8.92. The van der Waals surface area contributed by atoms with Gasteiger partial charge in [-0.3, -0.25) is 10.8 Å². The Bertz CT molecular complexity index is 2500. The lowest BCUT2D eigenvalue weighted by atomic mass is 9.99. The van der Waals surface area contributed by atoms with E-state index in [4.69, 9.17) is 10.8 Å².